The van der Waals surface area contributed by atoms with E-state index < -0.39 is 12.6 Å². The van der Waals surface area contributed by atoms with Crippen molar-refractivity contribution in [3.63, 3.8) is 0 Å². The molecule has 1 aliphatic rings. The Hall–Kier alpha value is -0.250. The fourth-order valence-corrected chi connectivity index (χ4v) is 3.49. The molecule has 1 saturated carbocycles. The van der Waals surface area contributed by atoms with Crippen molar-refractivity contribution in [3.8, 4) is 0 Å². The molecule has 1 N–H and O–H groups in total. The minimum atomic E-state index is -4.03. The van der Waals surface area contributed by atoms with Crippen LogP contribution >= 0.6 is 0 Å². The zero-order chi connectivity index (χ0) is 14.5. The van der Waals surface area contributed by atoms with Crippen LogP contribution in [-0.4, -0.2) is 18.8 Å². The van der Waals surface area contributed by atoms with E-state index in [1.807, 2.05) is 0 Å². The first-order valence-corrected chi connectivity index (χ1v) is 7.62. The van der Waals surface area contributed by atoms with E-state index in [0.29, 0.717) is 17.8 Å². The lowest BCUT2D eigenvalue weighted by molar-refractivity contribution is -0.137. The van der Waals surface area contributed by atoms with E-state index in [2.05, 4.69) is 26.1 Å². The first-order chi connectivity index (χ1) is 8.81. The van der Waals surface area contributed by atoms with Crippen molar-refractivity contribution in [2.24, 2.45) is 17.8 Å². The first-order valence-electron chi connectivity index (χ1n) is 7.62. The van der Waals surface area contributed by atoms with Crippen LogP contribution in [0.2, 0.25) is 0 Å². The van der Waals surface area contributed by atoms with Gasteiger partial charge in [-0.05, 0) is 56.4 Å². The quantitative estimate of drug-likeness (QED) is 0.738. The van der Waals surface area contributed by atoms with Crippen LogP contribution in [0.15, 0.2) is 0 Å². The Labute approximate surface area is 115 Å². The molecule has 1 aliphatic carbocycles. The van der Waals surface area contributed by atoms with Crippen molar-refractivity contribution in [1.82, 2.24) is 5.32 Å². The van der Waals surface area contributed by atoms with Gasteiger partial charge in [-0.25, -0.2) is 0 Å². The Morgan fingerprint density at radius 3 is 2.16 bits per heavy atom. The van der Waals surface area contributed by atoms with Crippen LogP contribution in [-0.2, 0) is 0 Å². The van der Waals surface area contributed by atoms with Crippen LogP contribution in [0.4, 0.5) is 13.2 Å². The second-order valence-corrected chi connectivity index (χ2v) is 6.39. The summed E-state index contributed by atoms with van der Waals surface area (Å²) in [6.45, 7) is 7.33. The predicted molar refractivity (Wildman–Crippen MR) is 73.0 cm³/mol. The summed E-state index contributed by atoms with van der Waals surface area (Å²) in [6.07, 6.45) is -0.122. The van der Waals surface area contributed by atoms with Gasteiger partial charge in [0.2, 0.25) is 0 Å². The Balaban J connectivity index is 2.56. The van der Waals surface area contributed by atoms with E-state index >= 15 is 0 Å². The third-order valence-corrected chi connectivity index (χ3v) is 4.18. The van der Waals surface area contributed by atoms with Gasteiger partial charge in [-0.15, -0.1) is 0 Å². The minimum Gasteiger partial charge on any atom is -0.314 e. The summed E-state index contributed by atoms with van der Waals surface area (Å²) < 4.78 is 37.3. The Kier molecular flexibility index (Phi) is 6.64. The van der Waals surface area contributed by atoms with Gasteiger partial charge in [0, 0.05) is 12.5 Å². The highest BCUT2D eigenvalue weighted by Gasteiger charge is 2.33. The molecule has 1 rings (SSSR count). The predicted octanol–water partition coefficient (Wildman–Crippen LogP) is 4.77. The molecule has 114 valence electrons. The number of nitrogens with one attached hydrogen (secondary N) is 1. The van der Waals surface area contributed by atoms with E-state index in [1.165, 1.54) is 6.42 Å². The van der Waals surface area contributed by atoms with Gasteiger partial charge >= 0.3 is 6.18 Å². The highest BCUT2D eigenvalue weighted by atomic mass is 19.4. The molecule has 3 unspecified atom stereocenters. The average molecular weight is 279 g/mol. The second kappa shape index (κ2) is 7.51. The van der Waals surface area contributed by atoms with Crippen LogP contribution in [0.25, 0.3) is 0 Å². The zero-order valence-electron chi connectivity index (χ0n) is 12.4. The summed E-state index contributed by atoms with van der Waals surface area (Å²) in [5.41, 5.74) is 0. The molecule has 0 aliphatic heterocycles. The van der Waals surface area contributed by atoms with Gasteiger partial charge in [0.1, 0.15) is 0 Å². The molecule has 0 bridgehead atoms. The highest BCUT2D eigenvalue weighted by Crippen LogP contribution is 2.36. The third kappa shape index (κ3) is 6.64. The Bertz CT molecular complexity index is 242. The average Bonchev–Trinajstić information content (AvgIpc) is 2.26. The smallest absolute Gasteiger partial charge is 0.314 e. The maximum Gasteiger partial charge on any atom is 0.389 e. The van der Waals surface area contributed by atoms with Gasteiger partial charge in [0.05, 0.1) is 0 Å². The summed E-state index contributed by atoms with van der Waals surface area (Å²) in [4.78, 5) is 0. The molecule has 1 fully saturated rings. The molecule has 0 aromatic rings. The van der Waals surface area contributed by atoms with Crippen LogP contribution in [0.1, 0.15) is 59.3 Å². The fourth-order valence-electron chi connectivity index (χ4n) is 3.49. The normalized spacial score (nSPS) is 30.3. The van der Waals surface area contributed by atoms with Crippen LogP contribution in [0, 0.1) is 17.8 Å². The fraction of sp³-hybridized carbons (Fsp3) is 1.00. The van der Waals surface area contributed by atoms with Gasteiger partial charge in [-0.3, -0.25) is 0 Å². The first kappa shape index (κ1) is 16.8. The van der Waals surface area contributed by atoms with Crippen molar-refractivity contribution in [2.75, 3.05) is 6.54 Å². The molecule has 0 aromatic heterocycles. The number of halogens is 3. The van der Waals surface area contributed by atoms with Crippen molar-refractivity contribution in [2.45, 2.75) is 71.5 Å². The second-order valence-electron chi connectivity index (χ2n) is 6.39. The molecule has 0 radical (unpaired) electrons. The van der Waals surface area contributed by atoms with Crippen molar-refractivity contribution < 1.29 is 13.2 Å². The molecule has 0 saturated heterocycles. The number of hydrogen-bond donors (Lipinski definition) is 1. The molecule has 0 aromatic carbocycles. The van der Waals surface area contributed by atoms with E-state index in [0.717, 1.165) is 25.8 Å². The molecule has 1 nitrogen and oxygen atoms in total. The van der Waals surface area contributed by atoms with Gasteiger partial charge in [-0.2, -0.15) is 13.2 Å². The summed E-state index contributed by atoms with van der Waals surface area (Å²) in [5, 5.41) is 3.35. The van der Waals surface area contributed by atoms with Gasteiger partial charge in [0.15, 0.2) is 0 Å². The van der Waals surface area contributed by atoms with Crippen LogP contribution < -0.4 is 5.32 Å². The van der Waals surface area contributed by atoms with Gasteiger partial charge in [-0.1, -0.05) is 20.8 Å². The molecule has 0 spiro atoms. The summed E-state index contributed by atoms with van der Waals surface area (Å²) in [5.74, 6) is 1.70. The van der Waals surface area contributed by atoms with Crippen molar-refractivity contribution >= 4 is 0 Å². The largest absolute Gasteiger partial charge is 0.389 e. The molecule has 19 heavy (non-hydrogen) atoms. The molecule has 0 amide bonds. The lowest BCUT2D eigenvalue weighted by atomic mass is 9.73. The monoisotopic (exact) mass is 279 g/mol. The zero-order valence-corrected chi connectivity index (χ0v) is 12.4. The standard InChI is InChI=1S/C15H28F3N/c1-4-7-19-14(5-6-15(16,17)18)13-9-11(2)8-12(3)10-13/h11-14,19H,4-10H2,1-3H3. The van der Waals surface area contributed by atoms with Crippen LogP contribution in [0.3, 0.4) is 0 Å². The SMILES string of the molecule is CCCNC(CCC(F)(F)F)C1CC(C)CC(C)C1. The summed E-state index contributed by atoms with van der Waals surface area (Å²) in [7, 11) is 0. The molecule has 4 heteroatoms. The summed E-state index contributed by atoms with van der Waals surface area (Å²) >= 11 is 0. The number of alkyl halides is 3. The van der Waals surface area contributed by atoms with E-state index in [9.17, 15) is 13.2 Å². The molecular weight excluding hydrogens is 251 g/mol. The lowest BCUT2D eigenvalue weighted by Crippen LogP contribution is -2.40. The number of rotatable bonds is 6. The molecule has 3 atom stereocenters. The van der Waals surface area contributed by atoms with E-state index in [4.69, 9.17) is 0 Å². The maximum atomic E-state index is 12.4. The van der Waals surface area contributed by atoms with E-state index in [1.54, 1.807) is 0 Å². The van der Waals surface area contributed by atoms with Gasteiger partial charge in [0.25, 0.3) is 0 Å². The number of hydrogen-bond acceptors (Lipinski definition) is 1. The summed E-state index contributed by atoms with van der Waals surface area (Å²) in [6, 6.07) is 0.0341. The third-order valence-electron chi connectivity index (χ3n) is 4.18. The van der Waals surface area contributed by atoms with Crippen molar-refractivity contribution in [1.29, 1.82) is 0 Å². The van der Waals surface area contributed by atoms with Crippen LogP contribution in [0.5, 0.6) is 0 Å². The topological polar surface area (TPSA) is 12.0 Å². The van der Waals surface area contributed by atoms with E-state index in [-0.39, 0.29) is 12.5 Å². The van der Waals surface area contributed by atoms with Gasteiger partial charge < -0.3 is 5.32 Å². The maximum absolute atomic E-state index is 12.4. The lowest BCUT2D eigenvalue weighted by Gasteiger charge is -2.37. The Morgan fingerprint density at radius 2 is 1.68 bits per heavy atom. The molecular formula is C15H28F3N. The highest BCUT2D eigenvalue weighted by molar-refractivity contribution is 4.84. The molecule has 0 heterocycles. The minimum absolute atomic E-state index is 0.0341. The Morgan fingerprint density at radius 1 is 1.11 bits per heavy atom. The van der Waals surface area contributed by atoms with Crippen molar-refractivity contribution in [3.05, 3.63) is 0 Å².